The normalized spacial score (nSPS) is 35.9. The second kappa shape index (κ2) is 6.20. The number of carbonyl (C=O) groups excluding carboxylic acids is 1. The number of para-hydroxylation sites is 1. The smallest absolute Gasteiger partial charge is 0.409 e. The summed E-state index contributed by atoms with van der Waals surface area (Å²) in [5.74, 6) is -0.431. The van der Waals surface area contributed by atoms with Gasteiger partial charge in [-0.05, 0) is 5.92 Å². The Labute approximate surface area is 157 Å². The molecule has 1 aromatic rings. The van der Waals surface area contributed by atoms with Gasteiger partial charge in [0.05, 0.1) is 12.0 Å². The average molecular weight is 370 g/mol. The lowest BCUT2D eigenvalue weighted by atomic mass is 9.63. The number of nitro benzene ring substituents is 1. The molecule has 7 nitrogen and oxygen atoms in total. The van der Waals surface area contributed by atoms with Gasteiger partial charge in [0.1, 0.15) is 0 Å². The van der Waals surface area contributed by atoms with Crippen molar-refractivity contribution in [2.75, 3.05) is 20.3 Å². The number of carbonyl (C=O) groups is 1. The monoisotopic (exact) mass is 370 g/mol. The first-order valence-electron chi connectivity index (χ1n) is 9.00. The summed E-state index contributed by atoms with van der Waals surface area (Å²) in [7, 11) is 1.34. The van der Waals surface area contributed by atoms with Crippen molar-refractivity contribution in [3.63, 3.8) is 0 Å². The Morgan fingerprint density at radius 1 is 1.48 bits per heavy atom. The number of hydrogen-bond acceptors (Lipinski definition) is 5. The Morgan fingerprint density at radius 2 is 2.22 bits per heavy atom. The number of ether oxygens (including phenoxy) is 1. The SMILES string of the molecule is C=CC12CN(C(=O)OC)[C@@H]3[C@@H](CO)[C@H]1C=C[C@@H](c1ccccc1[N+](=O)[O-])[C@@H]32. The summed E-state index contributed by atoms with van der Waals surface area (Å²) in [6.45, 7) is 4.42. The number of amides is 1. The molecule has 1 amide bonds. The summed E-state index contributed by atoms with van der Waals surface area (Å²) in [6, 6.07) is 6.47. The fourth-order valence-corrected chi connectivity index (χ4v) is 5.78. The molecule has 1 aromatic carbocycles. The fraction of sp³-hybridized carbons (Fsp3) is 0.450. The van der Waals surface area contributed by atoms with E-state index in [4.69, 9.17) is 4.74 Å². The summed E-state index contributed by atoms with van der Waals surface area (Å²) in [6.07, 6.45) is 5.49. The number of piperidine rings is 1. The Bertz CT molecular complexity index is 837. The molecule has 4 bridgehead atoms. The molecule has 0 radical (unpaired) electrons. The van der Waals surface area contributed by atoms with Gasteiger partial charge in [0.2, 0.25) is 0 Å². The van der Waals surface area contributed by atoms with E-state index in [-0.39, 0.29) is 46.9 Å². The van der Waals surface area contributed by atoms with E-state index in [9.17, 15) is 20.0 Å². The molecule has 142 valence electrons. The molecule has 2 fully saturated rings. The zero-order valence-corrected chi connectivity index (χ0v) is 15.0. The molecule has 1 saturated heterocycles. The molecule has 4 rings (SSSR count). The third-order valence-electron chi connectivity index (χ3n) is 6.72. The largest absolute Gasteiger partial charge is 0.453 e. The van der Waals surface area contributed by atoms with Gasteiger partial charge in [0.25, 0.3) is 5.69 Å². The molecule has 1 aliphatic heterocycles. The van der Waals surface area contributed by atoms with Crippen LogP contribution in [0.4, 0.5) is 10.5 Å². The molecule has 6 atom stereocenters. The minimum absolute atomic E-state index is 0.0509. The first-order valence-corrected chi connectivity index (χ1v) is 9.00. The van der Waals surface area contributed by atoms with E-state index < -0.39 is 11.5 Å². The molecule has 1 saturated carbocycles. The van der Waals surface area contributed by atoms with Gasteiger partial charge in [-0.1, -0.05) is 36.4 Å². The number of hydrogen-bond donors (Lipinski definition) is 1. The van der Waals surface area contributed by atoms with Gasteiger partial charge < -0.3 is 14.7 Å². The Hall–Kier alpha value is -2.67. The van der Waals surface area contributed by atoms with Crippen molar-refractivity contribution in [3.05, 3.63) is 64.8 Å². The first kappa shape index (κ1) is 17.7. The molecule has 7 heteroatoms. The van der Waals surface area contributed by atoms with Crippen molar-refractivity contribution in [2.24, 2.45) is 23.2 Å². The van der Waals surface area contributed by atoms with Gasteiger partial charge in [0.15, 0.2) is 0 Å². The van der Waals surface area contributed by atoms with E-state index >= 15 is 0 Å². The van der Waals surface area contributed by atoms with Crippen molar-refractivity contribution in [1.29, 1.82) is 0 Å². The second-order valence-corrected chi connectivity index (χ2v) is 7.53. The molecule has 0 aromatic heterocycles. The molecular weight excluding hydrogens is 348 g/mol. The Kier molecular flexibility index (Phi) is 4.07. The van der Waals surface area contributed by atoms with Crippen molar-refractivity contribution in [3.8, 4) is 0 Å². The maximum absolute atomic E-state index is 12.4. The molecule has 27 heavy (non-hydrogen) atoms. The number of aliphatic hydroxyl groups excluding tert-OH is 1. The van der Waals surface area contributed by atoms with Gasteiger partial charge >= 0.3 is 6.09 Å². The standard InChI is InChI=1S/C20H22N2O5/c1-3-20-11-21(19(24)27-2)18-14(10-23)15(20)9-8-13(17(18)20)12-6-4-5-7-16(12)22(25)26/h3-9,13-15,17-18,23H,1,10-11H2,2H3/t13-,14-,15+,17-,18+,20?/m0/s1. The van der Waals surface area contributed by atoms with Gasteiger partial charge in [-0.15, -0.1) is 6.58 Å². The number of likely N-dealkylation sites (tertiary alicyclic amines) is 1. The highest BCUT2D eigenvalue weighted by Gasteiger charge is 2.69. The Morgan fingerprint density at radius 3 is 2.85 bits per heavy atom. The zero-order chi connectivity index (χ0) is 19.3. The minimum atomic E-state index is -0.436. The predicted octanol–water partition coefficient (Wildman–Crippen LogP) is 2.73. The van der Waals surface area contributed by atoms with Crippen LogP contribution in [0.5, 0.6) is 0 Å². The van der Waals surface area contributed by atoms with Gasteiger partial charge in [-0.25, -0.2) is 4.79 Å². The van der Waals surface area contributed by atoms with E-state index in [2.05, 4.69) is 12.7 Å². The summed E-state index contributed by atoms with van der Waals surface area (Å²) in [5.41, 5.74) is 0.264. The summed E-state index contributed by atoms with van der Waals surface area (Å²) in [5, 5.41) is 21.6. The number of nitrogens with zero attached hydrogens (tertiary/aromatic N) is 2. The van der Waals surface area contributed by atoms with Crippen LogP contribution >= 0.6 is 0 Å². The minimum Gasteiger partial charge on any atom is -0.453 e. The summed E-state index contributed by atoms with van der Waals surface area (Å²) in [4.78, 5) is 25.3. The highest BCUT2D eigenvalue weighted by molar-refractivity contribution is 5.70. The molecule has 1 unspecified atom stereocenters. The molecular formula is C20H22N2O5. The van der Waals surface area contributed by atoms with Crippen LogP contribution in [0.2, 0.25) is 0 Å². The van der Waals surface area contributed by atoms with Gasteiger partial charge in [-0.3, -0.25) is 10.1 Å². The predicted molar refractivity (Wildman–Crippen MR) is 98.1 cm³/mol. The molecule has 2 aliphatic carbocycles. The highest BCUT2D eigenvalue weighted by Crippen LogP contribution is 2.66. The number of aliphatic hydroxyl groups is 1. The Balaban J connectivity index is 1.87. The molecule has 1 heterocycles. The lowest BCUT2D eigenvalue weighted by Gasteiger charge is -2.42. The van der Waals surface area contributed by atoms with E-state index in [1.165, 1.54) is 13.2 Å². The molecule has 0 spiro atoms. The molecule has 3 aliphatic rings. The van der Waals surface area contributed by atoms with Crippen molar-refractivity contribution in [2.45, 2.75) is 12.0 Å². The van der Waals surface area contributed by atoms with Crippen LogP contribution in [0.25, 0.3) is 0 Å². The lowest BCUT2D eigenvalue weighted by molar-refractivity contribution is -0.385. The maximum atomic E-state index is 12.4. The van der Waals surface area contributed by atoms with Crippen molar-refractivity contribution < 1.29 is 19.6 Å². The third-order valence-corrected chi connectivity index (χ3v) is 6.72. The zero-order valence-electron chi connectivity index (χ0n) is 15.0. The van der Waals surface area contributed by atoms with Crippen LogP contribution in [0.1, 0.15) is 11.5 Å². The van der Waals surface area contributed by atoms with Crippen molar-refractivity contribution in [1.82, 2.24) is 4.90 Å². The number of rotatable bonds is 4. The van der Waals surface area contributed by atoms with Crippen LogP contribution < -0.4 is 0 Å². The number of benzene rings is 1. The first-order chi connectivity index (χ1) is 13.0. The second-order valence-electron chi connectivity index (χ2n) is 7.53. The third kappa shape index (κ3) is 2.21. The van der Waals surface area contributed by atoms with Crippen LogP contribution in [-0.2, 0) is 4.74 Å². The van der Waals surface area contributed by atoms with Gasteiger partial charge in [0, 0.05) is 54.0 Å². The summed E-state index contributed by atoms with van der Waals surface area (Å²) >= 11 is 0. The van der Waals surface area contributed by atoms with Crippen LogP contribution in [0.3, 0.4) is 0 Å². The van der Waals surface area contributed by atoms with E-state index in [1.54, 1.807) is 23.1 Å². The van der Waals surface area contributed by atoms with E-state index in [1.807, 2.05) is 12.2 Å². The topological polar surface area (TPSA) is 92.9 Å². The van der Waals surface area contributed by atoms with Crippen LogP contribution in [0.15, 0.2) is 49.1 Å². The van der Waals surface area contributed by atoms with Gasteiger partial charge in [-0.2, -0.15) is 0 Å². The number of nitro groups is 1. The average Bonchev–Trinajstić information content (AvgIpc) is 3.11. The van der Waals surface area contributed by atoms with Crippen LogP contribution in [0, 0.1) is 33.3 Å². The highest BCUT2D eigenvalue weighted by atomic mass is 16.6. The van der Waals surface area contributed by atoms with Crippen molar-refractivity contribution >= 4 is 11.8 Å². The quantitative estimate of drug-likeness (QED) is 0.500. The van der Waals surface area contributed by atoms with Crippen LogP contribution in [-0.4, -0.2) is 47.3 Å². The summed E-state index contributed by atoms with van der Waals surface area (Å²) < 4.78 is 4.96. The lowest BCUT2D eigenvalue weighted by Crippen LogP contribution is -2.48. The van der Waals surface area contributed by atoms with E-state index in [0.29, 0.717) is 12.1 Å². The number of allylic oxidation sites excluding steroid dienone is 2. The molecule has 1 N–H and O–H groups in total. The van der Waals surface area contributed by atoms with E-state index in [0.717, 1.165) is 0 Å². The fourth-order valence-electron chi connectivity index (χ4n) is 5.78. The maximum Gasteiger partial charge on any atom is 0.409 e. The number of methoxy groups -OCH3 is 1.